The number of nitrogens with zero attached hydrogens (tertiary/aromatic N) is 2. The summed E-state index contributed by atoms with van der Waals surface area (Å²) >= 11 is 0. The second kappa shape index (κ2) is 15.0. The minimum absolute atomic E-state index is 0.0932. The molecule has 230 valence electrons. The molecule has 0 spiro atoms. The van der Waals surface area contributed by atoms with E-state index in [1.807, 2.05) is 61.5 Å². The summed E-state index contributed by atoms with van der Waals surface area (Å²) in [6, 6.07) is 23.9. The summed E-state index contributed by atoms with van der Waals surface area (Å²) in [7, 11) is -2.04. The Morgan fingerprint density at radius 2 is 1.63 bits per heavy atom. The number of ether oxygens (including phenoxy) is 1. The normalized spacial score (nSPS) is 14.2. The predicted molar refractivity (Wildman–Crippen MR) is 170 cm³/mol. The quantitative estimate of drug-likeness (QED) is 0.271. The highest BCUT2D eigenvalue weighted by atomic mass is 32.2. The number of sulfonamides is 1. The number of nitrogens with one attached hydrogen (secondary N) is 1. The minimum Gasteiger partial charge on any atom is -0.497 e. The molecule has 43 heavy (non-hydrogen) atoms. The molecule has 1 N–H and O–H groups in total. The topological polar surface area (TPSA) is 96.0 Å². The molecule has 9 heteroatoms. The van der Waals surface area contributed by atoms with Gasteiger partial charge in [0.1, 0.15) is 11.8 Å². The zero-order chi connectivity index (χ0) is 30.8. The van der Waals surface area contributed by atoms with E-state index in [1.165, 1.54) is 4.31 Å². The first kappa shape index (κ1) is 32.1. The van der Waals surface area contributed by atoms with Gasteiger partial charge in [-0.05, 0) is 61.6 Å². The van der Waals surface area contributed by atoms with E-state index < -0.39 is 16.1 Å². The molecule has 1 aliphatic carbocycles. The minimum atomic E-state index is -3.59. The molecule has 0 heterocycles. The second-order valence-electron chi connectivity index (χ2n) is 11.3. The standard InChI is InChI=1S/C34H43N3O5S/c1-26-11-9-14-28(23-26)25-36(32(24-27-12-5-4-6-13-27)34(39)35-29-15-7-8-16-29)33(38)17-10-22-37(43(3,40)41)30-18-20-31(42-2)21-19-30/h4-6,9,11-14,18-21,23,29,32H,7-8,10,15-17,22,24-25H2,1-3H3,(H,35,39)/t32-/m1/s1. The van der Waals surface area contributed by atoms with Crippen LogP contribution in [-0.2, 0) is 32.6 Å². The SMILES string of the molecule is COc1ccc(N(CCCC(=O)N(Cc2cccc(C)c2)[C@H](Cc2ccccc2)C(=O)NC2CCCC2)S(C)(=O)=O)cc1. The molecular weight excluding hydrogens is 562 g/mol. The number of benzene rings is 3. The Morgan fingerprint density at radius 1 is 0.953 bits per heavy atom. The number of rotatable bonds is 14. The Kier molecular flexibility index (Phi) is 11.2. The van der Waals surface area contributed by atoms with Gasteiger partial charge in [-0.1, -0.05) is 73.0 Å². The highest BCUT2D eigenvalue weighted by molar-refractivity contribution is 7.92. The number of methoxy groups -OCH3 is 1. The number of aryl methyl sites for hydroxylation is 1. The van der Waals surface area contributed by atoms with Crippen LogP contribution in [0.15, 0.2) is 78.9 Å². The fourth-order valence-electron chi connectivity index (χ4n) is 5.68. The van der Waals surface area contributed by atoms with Crippen molar-refractivity contribution in [3.8, 4) is 5.75 Å². The van der Waals surface area contributed by atoms with Crippen molar-refractivity contribution >= 4 is 27.5 Å². The molecular formula is C34H43N3O5S. The Morgan fingerprint density at radius 3 is 2.26 bits per heavy atom. The highest BCUT2D eigenvalue weighted by Gasteiger charge is 2.32. The van der Waals surface area contributed by atoms with Crippen LogP contribution in [0, 0.1) is 6.92 Å². The van der Waals surface area contributed by atoms with E-state index in [1.54, 1.807) is 36.3 Å². The lowest BCUT2D eigenvalue weighted by molar-refractivity contribution is -0.141. The molecule has 1 saturated carbocycles. The van der Waals surface area contributed by atoms with E-state index in [2.05, 4.69) is 5.32 Å². The van der Waals surface area contributed by atoms with E-state index in [-0.39, 0.29) is 37.4 Å². The van der Waals surface area contributed by atoms with Crippen LogP contribution in [0.3, 0.4) is 0 Å². The first-order chi connectivity index (χ1) is 20.6. The Bertz CT molecular complexity index is 1450. The van der Waals surface area contributed by atoms with Gasteiger partial charge in [-0.2, -0.15) is 0 Å². The van der Waals surface area contributed by atoms with Crippen LogP contribution >= 0.6 is 0 Å². The van der Waals surface area contributed by atoms with Gasteiger partial charge >= 0.3 is 0 Å². The van der Waals surface area contributed by atoms with Gasteiger partial charge in [0.25, 0.3) is 0 Å². The number of hydrogen-bond donors (Lipinski definition) is 1. The fourth-order valence-corrected chi connectivity index (χ4v) is 6.65. The molecule has 2 amide bonds. The number of hydrogen-bond acceptors (Lipinski definition) is 5. The molecule has 1 aliphatic rings. The Hall–Kier alpha value is -3.85. The molecule has 8 nitrogen and oxygen atoms in total. The van der Waals surface area contributed by atoms with Gasteiger partial charge in [-0.15, -0.1) is 0 Å². The third kappa shape index (κ3) is 9.32. The maximum Gasteiger partial charge on any atom is 0.243 e. The van der Waals surface area contributed by atoms with Gasteiger partial charge in [-0.25, -0.2) is 8.42 Å². The molecule has 0 bridgehead atoms. The van der Waals surface area contributed by atoms with Crippen LogP contribution in [0.5, 0.6) is 5.75 Å². The average Bonchev–Trinajstić information content (AvgIpc) is 3.50. The average molecular weight is 606 g/mol. The first-order valence-electron chi connectivity index (χ1n) is 14.9. The lowest BCUT2D eigenvalue weighted by atomic mass is 10.0. The van der Waals surface area contributed by atoms with Crippen molar-refractivity contribution in [2.24, 2.45) is 0 Å². The van der Waals surface area contributed by atoms with E-state index in [9.17, 15) is 18.0 Å². The maximum atomic E-state index is 14.0. The smallest absolute Gasteiger partial charge is 0.243 e. The van der Waals surface area contributed by atoms with E-state index in [4.69, 9.17) is 4.74 Å². The third-order valence-corrected chi connectivity index (χ3v) is 9.11. The summed E-state index contributed by atoms with van der Waals surface area (Å²) in [6.45, 7) is 2.42. The third-order valence-electron chi connectivity index (χ3n) is 7.92. The largest absolute Gasteiger partial charge is 0.497 e. The number of carbonyl (C=O) groups is 2. The highest BCUT2D eigenvalue weighted by Crippen LogP contribution is 2.24. The zero-order valence-electron chi connectivity index (χ0n) is 25.4. The van der Waals surface area contributed by atoms with Gasteiger partial charge in [0.2, 0.25) is 21.8 Å². The van der Waals surface area contributed by atoms with Crippen molar-refractivity contribution in [1.29, 1.82) is 0 Å². The molecule has 0 unspecified atom stereocenters. The molecule has 0 aliphatic heterocycles. The van der Waals surface area contributed by atoms with Crippen LogP contribution in [0.4, 0.5) is 5.69 Å². The van der Waals surface area contributed by atoms with Crippen LogP contribution in [0.25, 0.3) is 0 Å². The summed E-state index contributed by atoms with van der Waals surface area (Å²) in [5.74, 6) is 0.291. The molecule has 4 rings (SSSR count). The summed E-state index contributed by atoms with van der Waals surface area (Å²) < 4.78 is 31.9. The molecule has 3 aromatic carbocycles. The molecule has 1 fully saturated rings. The van der Waals surface area contributed by atoms with Crippen molar-refractivity contribution in [2.75, 3.05) is 24.2 Å². The van der Waals surface area contributed by atoms with Crippen LogP contribution in [-0.4, -0.2) is 57.1 Å². The van der Waals surface area contributed by atoms with Crippen molar-refractivity contribution in [1.82, 2.24) is 10.2 Å². The van der Waals surface area contributed by atoms with Gasteiger partial charge in [-0.3, -0.25) is 13.9 Å². The van der Waals surface area contributed by atoms with Crippen molar-refractivity contribution < 1.29 is 22.7 Å². The summed E-state index contributed by atoms with van der Waals surface area (Å²) in [4.78, 5) is 29.6. The molecule has 0 aromatic heterocycles. The molecule has 0 radical (unpaired) electrons. The molecule has 1 atom stereocenters. The Balaban J connectivity index is 1.57. The first-order valence-corrected chi connectivity index (χ1v) is 16.8. The van der Waals surface area contributed by atoms with Crippen molar-refractivity contribution in [3.05, 3.63) is 95.6 Å². The Labute approximate surface area is 256 Å². The lowest BCUT2D eigenvalue weighted by Gasteiger charge is -2.33. The van der Waals surface area contributed by atoms with Gasteiger partial charge in [0.05, 0.1) is 19.1 Å². The number of carbonyl (C=O) groups excluding carboxylic acids is 2. The van der Waals surface area contributed by atoms with E-state index in [0.717, 1.165) is 48.6 Å². The van der Waals surface area contributed by atoms with E-state index in [0.29, 0.717) is 24.3 Å². The van der Waals surface area contributed by atoms with Crippen molar-refractivity contribution in [3.63, 3.8) is 0 Å². The van der Waals surface area contributed by atoms with E-state index >= 15 is 0 Å². The second-order valence-corrected chi connectivity index (χ2v) is 13.2. The van der Waals surface area contributed by atoms with Gasteiger partial charge in [0, 0.05) is 32.0 Å². The fraction of sp³-hybridized carbons (Fsp3) is 0.412. The van der Waals surface area contributed by atoms with Crippen LogP contribution in [0.1, 0.15) is 55.2 Å². The molecule has 0 saturated heterocycles. The van der Waals surface area contributed by atoms with Gasteiger partial charge < -0.3 is 15.0 Å². The summed E-state index contributed by atoms with van der Waals surface area (Å²) in [6.07, 6.45) is 6.01. The zero-order valence-corrected chi connectivity index (χ0v) is 26.2. The van der Waals surface area contributed by atoms with Crippen LogP contribution in [0.2, 0.25) is 0 Å². The number of anilines is 1. The monoisotopic (exact) mass is 605 g/mol. The lowest BCUT2D eigenvalue weighted by Crippen LogP contribution is -2.52. The van der Waals surface area contributed by atoms with Crippen molar-refractivity contribution in [2.45, 2.75) is 70.5 Å². The summed E-state index contributed by atoms with van der Waals surface area (Å²) in [5.41, 5.74) is 3.49. The van der Waals surface area contributed by atoms with Crippen LogP contribution < -0.4 is 14.4 Å². The van der Waals surface area contributed by atoms with Gasteiger partial charge in [0.15, 0.2) is 0 Å². The molecule has 3 aromatic rings. The number of amides is 2. The predicted octanol–water partition coefficient (Wildman–Crippen LogP) is 5.25. The summed E-state index contributed by atoms with van der Waals surface area (Å²) in [5, 5.41) is 3.23. The maximum absolute atomic E-state index is 14.0.